The quantitative estimate of drug-likeness (QED) is 0.519. The Bertz CT molecular complexity index is 996. The fraction of sp³-hybridized carbons (Fsp3) is 0.318. The molecule has 3 rings (SSSR count). The highest BCUT2D eigenvalue weighted by Crippen LogP contribution is 2.34. The third-order valence-electron chi connectivity index (χ3n) is 4.61. The number of nitrogens with zero attached hydrogens (tertiary/aromatic N) is 3. The second-order valence-electron chi connectivity index (χ2n) is 6.85. The lowest BCUT2D eigenvalue weighted by Gasteiger charge is -2.19. The van der Waals surface area contributed by atoms with Crippen LogP contribution in [-0.4, -0.2) is 29.8 Å². The lowest BCUT2D eigenvalue weighted by atomic mass is 10.1. The van der Waals surface area contributed by atoms with E-state index in [1.165, 1.54) is 29.5 Å². The maximum atomic E-state index is 13.6. The van der Waals surface area contributed by atoms with Crippen molar-refractivity contribution in [1.82, 2.24) is 10.2 Å². The van der Waals surface area contributed by atoms with Crippen LogP contribution in [0.4, 0.5) is 9.52 Å². The molecule has 0 saturated heterocycles. The minimum Gasteiger partial charge on any atom is -0.496 e. The number of anilines is 1. The highest BCUT2D eigenvalue weighted by molar-refractivity contribution is 7.18. The summed E-state index contributed by atoms with van der Waals surface area (Å²) in [5, 5.41) is 9.80. The molecule has 7 heteroatoms. The third kappa shape index (κ3) is 4.62. The van der Waals surface area contributed by atoms with E-state index in [9.17, 15) is 9.18 Å². The summed E-state index contributed by atoms with van der Waals surface area (Å²) in [6.07, 6.45) is 1.74. The minimum atomic E-state index is -0.437. The van der Waals surface area contributed by atoms with Crippen LogP contribution in [0.15, 0.2) is 36.4 Å². The van der Waals surface area contributed by atoms with Gasteiger partial charge in [-0.15, -0.1) is 10.2 Å². The SMILES string of the molecule is CCCCN(C(=O)c1cccc(F)c1)c1nnc(-c2cc(C)c(OC)c(C)c2)s1. The number of benzene rings is 2. The molecule has 1 heterocycles. The summed E-state index contributed by atoms with van der Waals surface area (Å²) in [4.78, 5) is 14.6. The van der Waals surface area contributed by atoms with Gasteiger partial charge in [-0.05, 0) is 61.7 Å². The van der Waals surface area contributed by atoms with E-state index in [4.69, 9.17) is 4.74 Å². The maximum Gasteiger partial charge on any atom is 0.260 e. The largest absolute Gasteiger partial charge is 0.496 e. The first kappa shape index (κ1) is 20.9. The molecule has 0 saturated carbocycles. The van der Waals surface area contributed by atoms with Gasteiger partial charge in [0.1, 0.15) is 16.6 Å². The van der Waals surface area contributed by atoms with Gasteiger partial charge in [-0.1, -0.05) is 30.7 Å². The molecule has 3 aromatic rings. The zero-order valence-corrected chi connectivity index (χ0v) is 17.8. The zero-order valence-electron chi connectivity index (χ0n) is 17.0. The van der Waals surface area contributed by atoms with E-state index in [0.29, 0.717) is 17.2 Å². The molecule has 0 aliphatic carbocycles. The van der Waals surface area contributed by atoms with E-state index < -0.39 is 5.82 Å². The van der Waals surface area contributed by atoms with E-state index in [0.717, 1.165) is 40.3 Å². The van der Waals surface area contributed by atoms with E-state index in [2.05, 4.69) is 17.1 Å². The molecule has 0 radical (unpaired) electrons. The fourth-order valence-electron chi connectivity index (χ4n) is 3.21. The average molecular weight is 414 g/mol. The Hall–Kier alpha value is -2.80. The second-order valence-corrected chi connectivity index (χ2v) is 7.81. The molecular weight excluding hydrogens is 389 g/mol. The molecule has 5 nitrogen and oxygen atoms in total. The highest BCUT2D eigenvalue weighted by atomic mass is 32.1. The zero-order chi connectivity index (χ0) is 21.0. The smallest absolute Gasteiger partial charge is 0.260 e. The summed E-state index contributed by atoms with van der Waals surface area (Å²) in [5.41, 5.74) is 3.25. The predicted molar refractivity (Wildman–Crippen MR) is 114 cm³/mol. The predicted octanol–water partition coefficient (Wildman–Crippen LogP) is 5.42. The number of aromatic nitrogens is 2. The Morgan fingerprint density at radius 3 is 2.52 bits per heavy atom. The number of ether oxygens (including phenoxy) is 1. The number of unbranched alkanes of at least 4 members (excludes halogenated alkanes) is 1. The Morgan fingerprint density at radius 1 is 1.17 bits per heavy atom. The van der Waals surface area contributed by atoms with Crippen molar-refractivity contribution in [3.05, 3.63) is 58.9 Å². The number of amides is 1. The topological polar surface area (TPSA) is 55.3 Å². The van der Waals surface area contributed by atoms with Crippen molar-refractivity contribution < 1.29 is 13.9 Å². The molecule has 29 heavy (non-hydrogen) atoms. The number of rotatable bonds is 7. The summed E-state index contributed by atoms with van der Waals surface area (Å²) in [6, 6.07) is 9.73. The van der Waals surface area contributed by atoms with Crippen LogP contribution in [0.3, 0.4) is 0 Å². The molecule has 1 aromatic heterocycles. The van der Waals surface area contributed by atoms with Gasteiger partial charge in [0.25, 0.3) is 5.91 Å². The van der Waals surface area contributed by atoms with Crippen molar-refractivity contribution in [2.45, 2.75) is 33.6 Å². The van der Waals surface area contributed by atoms with Gasteiger partial charge in [0, 0.05) is 17.7 Å². The number of halogens is 1. The Kier molecular flexibility index (Phi) is 6.59. The van der Waals surface area contributed by atoms with Crippen molar-refractivity contribution in [2.75, 3.05) is 18.6 Å². The molecule has 2 aromatic carbocycles. The van der Waals surface area contributed by atoms with Crippen LogP contribution in [0.25, 0.3) is 10.6 Å². The normalized spacial score (nSPS) is 10.8. The van der Waals surface area contributed by atoms with Gasteiger partial charge < -0.3 is 4.74 Å². The standard InChI is InChI=1S/C22H24FN3O2S/c1-5-6-10-26(21(27)16-8-7-9-18(23)13-16)22-25-24-20(29-22)17-11-14(2)19(28-4)15(3)12-17/h7-9,11-13H,5-6,10H2,1-4H3. The van der Waals surface area contributed by atoms with Crippen LogP contribution in [0.1, 0.15) is 41.3 Å². The van der Waals surface area contributed by atoms with Crippen LogP contribution >= 0.6 is 11.3 Å². The van der Waals surface area contributed by atoms with Gasteiger partial charge in [-0.2, -0.15) is 0 Å². The second kappa shape index (κ2) is 9.13. The number of carbonyl (C=O) groups is 1. The summed E-state index contributed by atoms with van der Waals surface area (Å²) in [7, 11) is 1.65. The molecule has 0 atom stereocenters. The Morgan fingerprint density at radius 2 is 1.90 bits per heavy atom. The van der Waals surface area contributed by atoms with Gasteiger partial charge in [0.2, 0.25) is 5.13 Å². The molecule has 0 aliphatic heterocycles. The van der Waals surface area contributed by atoms with Crippen molar-refractivity contribution in [1.29, 1.82) is 0 Å². The van der Waals surface area contributed by atoms with Crippen LogP contribution in [0.2, 0.25) is 0 Å². The number of aryl methyl sites for hydroxylation is 2. The van der Waals surface area contributed by atoms with Crippen molar-refractivity contribution >= 4 is 22.4 Å². The Labute approximate surface area is 174 Å². The van der Waals surface area contributed by atoms with E-state index in [1.807, 2.05) is 26.0 Å². The molecule has 0 unspecified atom stereocenters. The summed E-state index contributed by atoms with van der Waals surface area (Å²) < 4.78 is 19.0. The van der Waals surface area contributed by atoms with E-state index in [1.54, 1.807) is 18.1 Å². The van der Waals surface area contributed by atoms with E-state index >= 15 is 0 Å². The van der Waals surface area contributed by atoms with Crippen molar-refractivity contribution in [3.8, 4) is 16.3 Å². The first-order valence-corrected chi connectivity index (χ1v) is 10.3. The molecule has 0 fully saturated rings. The maximum absolute atomic E-state index is 13.6. The van der Waals surface area contributed by atoms with Gasteiger partial charge in [-0.25, -0.2) is 4.39 Å². The molecule has 0 spiro atoms. The monoisotopic (exact) mass is 413 g/mol. The number of hydrogen-bond acceptors (Lipinski definition) is 5. The molecule has 0 bridgehead atoms. The van der Waals surface area contributed by atoms with Gasteiger partial charge in [-0.3, -0.25) is 9.69 Å². The molecule has 1 amide bonds. The fourth-order valence-corrected chi connectivity index (χ4v) is 4.07. The summed E-state index contributed by atoms with van der Waals surface area (Å²) in [6.45, 7) is 6.52. The van der Waals surface area contributed by atoms with Crippen molar-refractivity contribution in [2.24, 2.45) is 0 Å². The molecule has 152 valence electrons. The van der Waals surface area contributed by atoms with Crippen LogP contribution < -0.4 is 9.64 Å². The minimum absolute atomic E-state index is 0.275. The first-order chi connectivity index (χ1) is 13.9. The number of carbonyl (C=O) groups excluding carboxylic acids is 1. The van der Waals surface area contributed by atoms with Crippen molar-refractivity contribution in [3.63, 3.8) is 0 Å². The van der Waals surface area contributed by atoms with E-state index in [-0.39, 0.29) is 5.91 Å². The molecular formula is C22H24FN3O2S. The van der Waals surface area contributed by atoms with Crippen LogP contribution in [-0.2, 0) is 0 Å². The molecule has 0 aliphatic rings. The average Bonchev–Trinajstić information content (AvgIpc) is 3.18. The number of hydrogen-bond donors (Lipinski definition) is 0. The lowest BCUT2D eigenvalue weighted by molar-refractivity contribution is 0.0986. The van der Waals surface area contributed by atoms with Gasteiger partial charge in [0.05, 0.1) is 7.11 Å². The summed E-state index contributed by atoms with van der Waals surface area (Å²) >= 11 is 1.35. The van der Waals surface area contributed by atoms with Crippen LogP contribution in [0, 0.1) is 19.7 Å². The molecule has 0 N–H and O–H groups in total. The summed E-state index contributed by atoms with van der Waals surface area (Å²) in [5.74, 6) is 0.139. The first-order valence-electron chi connectivity index (χ1n) is 9.51. The van der Waals surface area contributed by atoms with Gasteiger partial charge in [0.15, 0.2) is 0 Å². The lowest BCUT2D eigenvalue weighted by Crippen LogP contribution is -2.32. The third-order valence-corrected chi connectivity index (χ3v) is 5.60. The number of methoxy groups -OCH3 is 1. The Balaban J connectivity index is 1.95. The van der Waals surface area contributed by atoms with Crippen LogP contribution in [0.5, 0.6) is 5.75 Å². The highest BCUT2D eigenvalue weighted by Gasteiger charge is 2.22. The van der Waals surface area contributed by atoms with Gasteiger partial charge >= 0.3 is 0 Å².